The van der Waals surface area contributed by atoms with Crippen molar-refractivity contribution in [1.29, 1.82) is 0 Å². The summed E-state index contributed by atoms with van der Waals surface area (Å²) >= 11 is 3.73. The maximum Gasteiger partial charge on any atom is 0.162 e. The van der Waals surface area contributed by atoms with Gasteiger partial charge >= 0.3 is 0 Å². The SMILES string of the molecule is COc1cc(C2NCCc3c2[nH]c2ccc(F)cc32)c(Br)cc1OCc1ccccc1. The summed E-state index contributed by atoms with van der Waals surface area (Å²) in [5.41, 5.74) is 5.30. The molecule has 0 bridgehead atoms. The Morgan fingerprint density at radius 1 is 1.06 bits per heavy atom. The van der Waals surface area contributed by atoms with Gasteiger partial charge in [-0.1, -0.05) is 46.3 Å². The van der Waals surface area contributed by atoms with Gasteiger partial charge in [-0.15, -0.1) is 0 Å². The van der Waals surface area contributed by atoms with Crippen molar-refractivity contribution in [3.05, 3.63) is 93.3 Å². The Morgan fingerprint density at radius 3 is 2.71 bits per heavy atom. The summed E-state index contributed by atoms with van der Waals surface area (Å²) in [5, 5.41) is 4.54. The lowest BCUT2D eigenvalue weighted by Crippen LogP contribution is -2.30. The molecule has 1 aliphatic heterocycles. The summed E-state index contributed by atoms with van der Waals surface area (Å²) in [7, 11) is 1.65. The first-order valence-corrected chi connectivity index (χ1v) is 11.0. The fourth-order valence-corrected chi connectivity index (χ4v) is 4.80. The molecule has 4 nitrogen and oxygen atoms in total. The van der Waals surface area contributed by atoms with E-state index < -0.39 is 0 Å². The van der Waals surface area contributed by atoms with Crippen LogP contribution in [0.1, 0.15) is 28.4 Å². The molecule has 0 fully saturated rings. The predicted octanol–water partition coefficient (Wildman–Crippen LogP) is 5.89. The van der Waals surface area contributed by atoms with Crippen molar-refractivity contribution >= 4 is 26.8 Å². The first-order valence-electron chi connectivity index (χ1n) is 10.2. The first kappa shape index (κ1) is 20.1. The molecule has 0 spiro atoms. The van der Waals surface area contributed by atoms with E-state index in [1.54, 1.807) is 19.2 Å². The van der Waals surface area contributed by atoms with Crippen molar-refractivity contribution in [2.24, 2.45) is 0 Å². The minimum atomic E-state index is -0.216. The molecule has 2 N–H and O–H groups in total. The van der Waals surface area contributed by atoms with Crippen molar-refractivity contribution in [3.8, 4) is 11.5 Å². The Morgan fingerprint density at radius 2 is 1.90 bits per heavy atom. The summed E-state index contributed by atoms with van der Waals surface area (Å²) in [6.45, 7) is 1.27. The summed E-state index contributed by atoms with van der Waals surface area (Å²) in [4.78, 5) is 3.50. The van der Waals surface area contributed by atoms with E-state index in [-0.39, 0.29) is 11.9 Å². The molecular weight excluding hydrogens is 459 g/mol. The number of rotatable bonds is 5. The molecule has 1 atom stereocenters. The van der Waals surface area contributed by atoms with Gasteiger partial charge in [0.05, 0.1) is 13.2 Å². The molecule has 0 amide bonds. The lowest BCUT2D eigenvalue weighted by atomic mass is 9.94. The van der Waals surface area contributed by atoms with Gasteiger partial charge in [0.1, 0.15) is 12.4 Å². The average Bonchev–Trinajstić information content (AvgIpc) is 3.16. The second kappa shape index (κ2) is 8.36. The molecule has 0 radical (unpaired) electrons. The van der Waals surface area contributed by atoms with Crippen LogP contribution in [-0.2, 0) is 13.0 Å². The van der Waals surface area contributed by atoms with Gasteiger partial charge < -0.3 is 19.8 Å². The Hall–Kier alpha value is -2.83. The van der Waals surface area contributed by atoms with Crippen molar-refractivity contribution in [2.45, 2.75) is 19.1 Å². The van der Waals surface area contributed by atoms with Gasteiger partial charge in [0, 0.05) is 27.6 Å². The van der Waals surface area contributed by atoms with Crippen LogP contribution in [0.5, 0.6) is 11.5 Å². The van der Waals surface area contributed by atoms with Crippen LogP contribution in [-0.4, -0.2) is 18.6 Å². The van der Waals surface area contributed by atoms with Crippen LogP contribution in [0.25, 0.3) is 10.9 Å². The molecule has 0 saturated heterocycles. The third-order valence-corrected chi connectivity index (χ3v) is 6.43. The number of hydrogen-bond acceptors (Lipinski definition) is 3. The Labute approximate surface area is 188 Å². The molecule has 0 aliphatic carbocycles. The second-order valence-electron chi connectivity index (χ2n) is 7.64. The minimum absolute atomic E-state index is 0.0642. The van der Waals surface area contributed by atoms with Gasteiger partial charge in [0.15, 0.2) is 11.5 Å². The lowest BCUT2D eigenvalue weighted by molar-refractivity contribution is 0.284. The van der Waals surface area contributed by atoms with E-state index in [1.165, 1.54) is 6.07 Å². The molecule has 0 saturated carbocycles. The Kier molecular flexibility index (Phi) is 5.42. The average molecular weight is 481 g/mol. The van der Waals surface area contributed by atoms with Crippen LogP contribution < -0.4 is 14.8 Å². The smallest absolute Gasteiger partial charge is 0.162 e. The minimum Gasteiger partial charge on any atom is -0.493 e. The number of halogens is 2. The Bertz CT molecular complexity index is 1240. The van der Waals surface area contributed by atoms with Crippen molar-refractivity contribution in [3.63, 3.8) is 0 Å². The fraction of sp³-hybridized carbons (Fsp3) is 0.200. The van der Waals surface area contributed by atoms with E-state index >= 15 is 0 Å². The van der Waals surface area contributed by atoms with Crippen LogP contribution in [0.2, 0.25) is 0 Å². The standard InChI is InChI=1S/C25H22BrFN2O2/c1-30-22-12-19(20(26)13-23(22)31-14-15-5-3-2-4-6-15)24-25-17(9-10-28-24)18-11-16(27)7-8-21(18)29-25/h2-8,11-13,24,28-29H,9-10,14H2,1H3. The molecule has 6 heteroatoms. The third kappa shape index (κ3) is 3.82. The molecule has 1 aromatic heterocycles. The zero-order valence-corrected chi connectivity index (χ0v) is 18.6. The first-order chi connectivity index (χ1) is 15.1. The van der Waals surface area contributed by atoms with Gasteiger partial charge in [-0.05, 0) is 53.4 Å². The predicted molar refractivity (Wildman–Crippen MR) is 123 cm³/mol. The second-order valence-corrected chi connectivity index (χ2v) is 8.50. The highest BCUT2D eigenvalue weighted by Gasteiger charge is 2.28. The van der Waals surface area contributed by atoms with Gasteiger partial charge in [0.25, 0.3) is 0 Å². The zero-order valence-electron chi connectivity index (χ0n) is 17.0. The summed E-state index contributed by atoms with van der Waals surface area (Å²) in [6, 6.07) is 18.8. The molecule has 158 valence electrons. The van der Waals surface area contributed by atoms with Gasteiger partial charge in [-0.25, -0.2) is 4.39 Å². The summed E-state index contributed by atoms with van der Waals surface area (Å²) in [6.07, 6.45) is 0.850. The van der Waals surface area contributed by atoms with Crippen molar-refractivity contribution < 1.29 is 13.9 Å². The molecule has 31 heavy (non-hydrogen) atoms. The largest absolute Gasteiger partial charge is 0.493 e. The quantitative estimate of drug-likeness (QED) is 0.374. The van der Waals surface area contributed by atoms with Crippen LogP contribution in [0.4, 0.5) is 4.39 Å². The maximum absolute atomic E-state index is 13.8. The van der Waals surface area contributed by atoms with Crippen molar-refractivity contribution in [1.82, 2.24) is 10.3 Å². The fourth-order valence-electron chi connectivity index (χ4n) is 4.25. The molecule has 1 unspecified atom stereocenters. The molecule has 4 aromatic rings. The number of aromatic nitrogens is 1. The monoisotopic (exact) mass is 480 g/mol. The number of nitrogens with one attached hydrogen (secondary N) is 2. The number of aromatic amines is 1. The van der Waals surface area contributed by atoms with E-state index in [9.17, 15) is 4.39 Å². The van der Waals surface area contributed by atoms with Gasteiger partial charge in [-0.3, -0.25) is 0 Å². The van der Waals surface area contributed by atoms with E-state index in [0.29, 0.717) is 18.1 Å². The lowest BCUT2D eigenvalue weighted by Gasteiger charge is -2.26. The molecule has 2 heterocycles. The van der Waals surface area contributed by atoms with E-state index in [2.05, 4.69) is 26.2 Å². The maximum atomic E-state index is 13.8. The number of ether oxygens (including phenoxy) is 2. The van der Waals surface area contributed by atoms with E-state index in [4.69, 9.17) is 9.47 Å². The highest BCUT2D eigenvalue weighted by molar-refractivity contribution is 9.10. The van der Waals surface area contributed by atoms with E-state index in [1.807, 2.05) is 42.5 Å². The van der Waals surface area contributed by atoms with Gasteiger partial charge in [-0.2, -0.15) is 0 Å². The topological polar surface area (TPSA) is 46.3 Å². The van der Waals surface area contributed by atoms with Crippen molar-refractivity contribution in [2.75, 3.05) is 13.7 Å². The summed E-state index contributed by atoms with van der Waals surface area (Å²) in [5.74, 6) is 1.13. The molecule has 1 aliphatic rings. The Balaban J connectivity index is 1.50. The highest BCUT2D eigenvalue weighted by atomic mass is 79.9. The van der Waals surface area contributed by atoms with Crippen LogP contribution in [0, 0.1) is 5.82 Å². The number of methoxy groups -OCH3 is 1. The molecule has 3 aromatic carbocycles. The van der Waals surface area contributed by atoms with Gasteiger partial charge in [0.2, 0.25) is 0 Å². The number of H-pyrrole nitrogens is 1. The number of fused-ring (bicyclic) bond motifs is 3. The number of hydrogen-bond donors (Lipinski definition) is 2. The highest BCUT2D eigenvalue weighted by Crippen LogP contribution is 2.41. The summed E-state index contributed by atoms with van der Waals surface area (Å²) < 4.78 is 26.5. The van der Waals surface area contributed by atoms with Crippen LogP contribution in [0.15, 0.2) is 65.1 Å². The zero-order chi connectivity index (χ0) is 21.4. The van der Waals surface area contributed by atoms with Crippen LogP contribution >= 0.6 is 15.9 Å². The molecular formula is C25H22BrFN2O2. The van der Waals surface area contributed by atoms with Crippen LogP contribution in [0.3, 0.4) is 0 Å². The molecule has 5 rings (SSSR count). The normalized spacial score (nSPS) is 15.6. The third-order valence-electron chi connectivity index (χ3n) is 5.74. The number of benzene rings is 3. The van der Waals surface area contributed by atoms with E-state index in [0.717, 1.165) is 50.7 Å².